The van der Waals surface area contributed by atoms with E-state index in [2.05, 4.69) is 29.9 Å². The minimum atomic E-state index is -0.150. The zero-order valence-electron chi connectivity index (χ0n) is 9.99. The summed E-state index contributed by atoms with van der Waals surface area (Å²) in [5, 5.41) is 0. The molecule has 2 nitrogen and oxygen atoms in total. The molecule has 0 aromatic rings. The fraction of sp³-hybridized carbons (Fsp3) is 0.615. The lowest BCUT2D eigenvalue weighted by Gasteiger charge is -2.03. The second-order valence-electron chi connectivity index (χ2n) is 3.87. The highest BCUT2D eigenvalue weighted by molar-refractivity contribution is 5.73. The van der Waals surface area contributed by atoms with E-state index in [4.69, 9.17) is 0 Å². The van der Waals surface area contributed by atoms with Gasteiger partial charge in [-0.2, -0.15) is 0 Å². The van der Waals surface area contributed by atoms with Gasteiger partial charge in [-0.1, -0.05) is 39.0 Å². The van der Waals surface area contributed by atoms with Gasteiger partial charge < -0.3 is 4.74 Å². The number of hydrogen-bond acceptors (Lipinski definition) is 2. The number of rotatable bonds is 2. The molecule has 1 fully saturated rings. The van der Waals surface area contributed by atoms with Crippen molar-refractivity contribution in [3.8, 4) is 0 Å². The van der Waals surface area contributed by atoms with Crippen molar-refractivity contribution in [2.75, 3.05) is 7.11 Å². The van der Waals surface area contributed by atoms with Crippen molar-refractivity contribution in [1.82, 2.24) is 0 Å². The maximum atomic E-state index is 11.0. The van der Waals surface area contributed by atoms with Crippen LogP contribution in [0.3, 0.4) is 0 Å². The van der Waals surface area contributed by atoms with Crippen LogP contribution in [-0.4, -0.2) is 13.1 Å². The molecule has 0 spiro atoms. The predicted octanol–water partition coefficient (Wildman–Crippen LogP) is 2.95. The molecule has 3 atom stereocenters. The summed E-state index contributed by atoms with van der Waals surface area (Å²) in [6, 6.07) is 0. The first-order valence-electron chi connectivity index (χ1n) is 5.68. The van der Waals surface area contributed by atoms with E-state index >= 15 is 0 Å². The Morgan fingerprint density at radius 2 is 2.07 bits per heavy atom. The Hall–Kier alpha value is -1.05. The van der Waals surface area contributed by atoms with Crippen molar-refractivity contribution in [2.45, 2.75) is 27.2 Å². The Bertz CT molecular complexity index is 289. The Morgan fingerprint density at radius 3 is 2.60 bits per heavy atom. The molecule has 3 unspecified atom stereocenters. The van der Waals surface area contributed by atoms with E-state index in [0.29, 0.717) is 12.3 Å². The van der Waals surface area contributed by atoms with Gasteiger partial charge in [0.05, 0.1) is 13.5 Å². The normalized spacial score (nSPS) is 30.7. The van der Waals surface area contributed by atoms with Gasteiger partial charge in [0.25, 0.3) is 0 Å². The quantitative estimate of drug-likeness (QED) is 0.652. The summed E-state index contributed by atoms with van der Waals surface area (Å²) in [5.41, 5.74) is 1.11. The van der Waals surface area contributed by atoms with Crippen LogP contribution < -0.4 is 0 Å². The van der Waals surface area contributed by atoms with Crippen LogP contribution in [0.5, 0.6) is 0 Å². The molecule has 0 amide bonds. The van der Waals surface area contributed by atoms with E-state index in [1.165, 1.54) is 7.11 Å². The fourth-order valence-electron chi connectivity index (χ4n) is 1.99. The summed E-state index contributed by atoms with van der Waals surface area (Å²) in [7, 11) is 1.43. The van der Waals surface area contributed by atoms with Gasteiger partial charge in [-0.3, -0.25) is 4.79 Å². The molecule has 2 rings (SSSR count). The van der Waals surface area contributed by atoms with Crippen molar-refractivity contribution < 1.29 is 9.53 Å². The molecule has 0 aromatic heterocycles. The van der Waals surface area contributed by atoms with Gasteiger partial charge in [0.1, 0.15) is 0 Å². The van der Waals surface area contributed by atoms with Crippen LogP contribution in [0.4, 0.5) is 0 Å². The van der Waals surface area contributed by atoms with Gasteiger partial charge >= 0.3 is 5.97 Å². The van der Waals surface area contributed by atoms with Gasteiger partial charge in [-0.15, -0.1) is 0 Å². The fourth-order valence-corrected chi connectivity index (χ4v) is 1.99. The maximum Gasteiger partial charge on any atom is 0.309 e. The molecule has 15 heavy (non-hydrogen) atoms. The zero-order valence-corrected chi connectivity index (χ0v) is 9.99. The molecule has 2 aliphatic rings. The van der Waals surface area contributed by atoms with Gasteiger partial charge in [-0.25, -0.2) is 0 Å². The zero-order chi connectivity index (χ0) is 11.4. The average molecular weight is 208 g/mol. The second-order valence-corrected chi connectivity index (χ2v) is 3.87. The first-order valence-corrected chi connectivity index (χ1v) is 5.68. The number of methoxy groups -OCH3 is 1. The maximum absolute atomic E-state index is 11.0. The van der Waals surface area contributed by atoms with Crippen LogP contribution in [0.2, 0.25) is 0 Å². The number of allylic oxidation sites excluding steroid dienone is 3. The summed E-state index contributed by atoms with van der Waals surface area (Å²) in [4.78, 5) is 11.0. The molecule has 0 saturated heterocycles. The Morgan fingerprint density at radius 1 is 1.40 bits per heavy atom. The lowest BCUT2D eigenvalue weighted by molar-refractivity contribution is -0.139. The van der Waals surface area contributed by atoms with Crippen LogP contribution in [0, 0.1) is 17.8 Å². The Balaban J connectivity index is 0.000000531. The number of ether oxygens (including phenoxy) is 1. The molecule has 84 valence electrons. The van der Waals surface area contributed by atoms with Crippen LogP contribution in [0.25, 0.3) is 0 Å². The molecule has 0 bridgehead atoms. The minimum absolute atomic E-state index is 0.150. The first kappa shape index (κ1) is 12.0. The lowest BCUT2D eigenvalue weighted by atomic mass is 10.0. The molecular weight excluding hydrogens is 188 g/mol. The van der Waals surface area contributed by atoms with E-state index in [9.17, 15) is 4.79 Å². The van der Waals surface area contributed by atoms with Gasteiger partial charge in [0.15, 0.2) is 0 Å². The summed E-state index contributed by atoms with van der Waals surface area (Å²) in [5.74, 6) is 2.04. The summed E-state index contributed by atoms with van der Waals surface area (Å²) < 4.78 is 4.61. The largest absolute Gasteiger partial charge is 0.469 e. The first-order chi connectivity index (χ1) is 7.22. The number of hydrogen-bond donors (Lipinski definition) is 0. The number of carbonyl (C=O) groups is 1. The Kier molecular flexibility index (Phi) is 4.13. The monoisotopic (exact) mass is 208 g/mol. The van der Waals surface area contributed by atoms with Crippen molar-refractivity contribution in [3.63, 3.8) is 0 Å². The number of fused-ring (bicyclic) bond motifs is 1. The molecule has 0 radical (unpaired) electrons. The molecule has 2 aliphatic carbocycles. The molecule has 0 aliphatic heterocycles. The predicted molar refractivity (Wildman–Crippen MR) is 61.3 cm³/mol. The third-order valence-corrected chi connectivity index (χ3v) is 3.03. The van der Waals surface area contributed by atoms with E-state index < -0.39 is 0 Å². The molecule has 0 aromatic carbocycles. The van der Waals surface area contributed by atoms with E-state index in [1.54, 1.807) is 0 Å². The summed E-state index contributed by atoms with van der Waals surface area (Å²) in [6.45, 7) is 6.25. The summed E-state index contributed by atoms with van der Waals surface area (Å²) in [6.07, 6.45) is 6.91. The van der Waals surface area contributed by atoms with Crippen molar-refractivity contribution in [3.05, 3.63) is 23.8 Å². The van der Waals surface area contributed by atoms with Crippen LogP contribution in [-0.2, 0) is 9.53 Å². The minimum Gasteiger partial charge on any atom is -0.469 e. The highest BCUT2D eigenvalue weighted by Crippen LogP contribution is 2.50. The lowest BCUT2D eigenvalue weighted by Crippen LogP contribution is -2.02. The molecule has 0 N–H and O–H groups in total. The van der Waals surface area contributed by atoms with Crippen LogP contribution >= 0.6 is 0 Å². The van der Waals surface area contributed by atoms with Crippen molar-refractivity contribution in [1.29, 1.82) is 0 Å². The standard InChI is InChI=1S/C11H14O2.C2H6/c1-7-9-4-3-8(5-10(7)9)6-11(12)13-2;1-2/h3-5,7,9-10H,6H2,1-2H3;1-2H3. The van der Waals surface area contributed by atoms with Gasteiger partial charge in [0, 0.05) is 0 Å². The van der Waals surface area contributed by atoms with E-state index in [-0.39, 0.29) is 5.97 Å². The van der Waals surface area contributed by atoms with E-state index in [0.717, 1.165) is 17.4 Å². The number of esters is 1. The molecule has 1 saturated carbocycles. The number of carbonyl (C=O) groups excluding carboxylic acids is 1. The van der Waals surface area contributed by atoms with E-state index in [1.807, 2.05) is 13.8 Å². The van der Waals surface area contributed by atoms with Gasteiger partial charge in [0.2, 0.25) is 0 Å². The third-order valence-electron chi connectivity index (χ3n) is 3.03. The van der Waals surface area contributed by atoms with Crippen LogP contribution in [0.1, 0.15) is 27.2 Å². The smallest absolute Gasteiger partial charge is 0.309 e. The topological polar surface area (TPSA) is 26.3 Å². The Labute approximate surface area is 92.0 Å². The highest BCUT2D eigenvalue weighted by atomic mass is 16.5. The molecular formula is C13H20O2. The van der Waals surface area contributed by atoms with Crippen molar-refractivity contribution in [2.24, 2.45) is 17.8 Å². The average Bonchev–Trinajstić information content (AvgIpc) is 2.92. The third kappa shape index (κ3) is 2.71. The molecule has 2 heteroatoms. The van der Waals surface area contributed by atoms with Gasteiger partial charge in [-0.05, 0) is 23.3 Å². The van der Waals surface area contributed by atoms with Crippen molar-refractivity contribution >= 4 is 5.97 Å². The summed E-state index contributed by atoms with van der Waals surface area (Å²) >= 11 is 0. The van der Waals surface area contributed by atoms with Crippen LogP contribution in [0.15, 0.2) is 23.8 Å². The SMILES string of the molecule is CC.COC(=O)CC1=CC2C(C)C2C=C1. The molecule has 0 heterocycles. The highest BCUT2D eigenvalue weighted by Gasteiger charge is 2.44. The second kappa shape index (κ2) is 5.15.